The molecule has 0 saturated heterocycles. The smallest absolute Gasteiger partial charge is 0.291 e. The van der Waals surface area contributed by atoms with Crippen LogP contribution in [0.5, 0.6) is 0 Å². The monoisotopic (exact) mass is 320 g/mol. The van der Waals surface area contributed by atoms with Gasteiger partial charge in [0, 0.05) is 12.2 Å². The van der Waals surface area contributed by atoms with Gasteiger partial charge in [0.15, 0.2) is 5.76 Å². The Kier molecular flexibility index (Phi) is 3.66. The summed E-state index contributed by atoms with van der Waals surface area (Å²) in [5.74, 6) is -0.101. The number of aryl methyl sites for hydroxylation is 1. The van der Waals surface area contributed by atoms with E-state index in [9.17, 15) is 13.2 Å². The Morgan fingerprint density at radius 3 is 2.82 bits per heavy atom. The van der Waals surface area contributed by atoms with E-state index in [1.54, 1.807) is 24.3 Å². The zero-order valence-corrected chi connectivity index (χ0v) is 12.9. The molecule has 1 aromatic heterocycles. The van der Waals surface area contributed by atoms with E-state index in [-0.39, 0.29) is 11.7 Å². The van der Waals surface area contributed by atoms with Gasteiger partial charge < -0.3 is 9.73 Å². The number of carbonyl (C=O) groups is 1. The first-order valence-electron chi connectivity index (χ1n) is 6.90. The molecule has 1 N–H and O–H groups in total. The number of nitrogens with one attached hydrogen (secondary N) is 1. The first kappa shape index (κ1) is 14.6. The van der Waals surface area contributed by atoms with Gasteiger partial charge in [-0.15, -0.1) is 0 Å². The van der Waals surface area contributed by atoms with E-state index >= 15 is 0 Å². The highest BCUT2D eigenvalue weighted by atomic mass is 32.2. The van der Waals surface area contributed by atoms with E-state index in [0.717, 1.165) is 18.4 Å². The van der Waals surface area contributed by atoms with Crippen molar-refractivity contribution < 1.29 is 17.6 Å². The molecule has 0 atom stereocenters. The summed E-state index contributed by atoms with van der Waals surface area (Å²) in [5, 5.41) is 2.75. The number of furan rings is 1. The standard InChI is InChI=1S/C15H16N2O4S/c1-22(19,20)17-8-2-4-11-10-12(6-7-13(11)17)16-15(18)14-5-3-9-21-14/h3,5-7,9-10H,2,4,8H2,1H3,(H,16,18). The summed E-state index contributed by atoms with van der Waals surface area (Å²) >= 11 is 0. The summed E-state index contributed by atoms with van der Waals surface area (Å²) in [6, 6.07) is 8.47. The minimum atomic E-state index is -3.28. The Bertz CT molecular complexity index is 797. The number of fused-ring (bicyclic) bond motifs is 1. The fourth-order valence-electron chi connectivity index (χ4n) is 2.59. The van der Waals surface area contributed by atoms with E-state index < -0.39 is 10.0 Å². The van der Waals surface area contributed by atoms with Crippen molar-refractivity contribution in [1.29, 1.82) is 0 Å². The molecule has 0 bridgehead atoms. The van der Waals surface area contributed by atoms with Crippen LogP contribution in [-0.2, 0) is 16.4 Å². The zero-order valence-electron chi connectivity index (χ0n) is 12.1. The third-order valence-corrected chi connectivity index (χ3v) is 4.74. The summed E-state index contributed by atoms with van der Waals surface area (Å²) < 4.78 is 30.1. The van der Waals surface area contributed by atoms with Gasteiger partial charge in [0.25, 0.3) is 5.91 Å². The minimum Gasteiger partial charge on any atom is -0.459 e. The molecule has 1 aromatic carbocycles. The van der Waals surface area contributed by atoms with Crippen molar-refractivity contribution >= 4 is 27.3 Å². The maximum Gasteiger partial charge on any atom is 0.291 e. The van der Waals surface area contributed by atoms with Crippen molar-refractivity contribution in [2.75, 3.05) is 22.4 Å². The number of hydrogen-bond acceptors (Lipinski definition) is 4. The van der Waals surface area contributed by atoms with Crippen molar-refractivity contribution in [1.82, 2.24) is 0 Å². The Labute approximate surface area is 128 Å². The molecule has 22 heavy (non-hydrogen) atoms. The number of anilines is 2. The van der Waals surface area contributed by atoms with Crippen LogP contribution in [0.2, 0.25) is 0 Å². The molecule has 0 unspecified atom stereocenters. The lowest BCUT2D eigenvalue weighted by molar-refractivity contribution is 0.0996. The van der Waals surface area contributed by atoms with Crippen LogP contribution in [0, 0.1) is 0 Å². The topological polar surface area (TPSA) is 79.6 Å². The summed E-state index contributed by atoms with van der Waals surface area (Å²) in [4.78, 5) is 12.0. The third-order valence-electron chi connectivity index (χ3n) is 3.56. The molecule has 0 saturated carbocycles. The molecule has 1 aliphatic rings. The third kappa shape index (κ3) is 2.85. The lowest BCUT2D eigenvalue weighted by Gasteiger charge is -2.29. The van der Waals surface area contributed by atoms with E-state index in [1.807, 2.05) is 6.07 Å². The van der Waals surface area contributed by atoms with Gasteiger partial charge >= 0.3 is 0 Å². The van der Waals surface area contributed by atoms with Gasteiger partial charge in [-0.25, -0.2) is 8.42 Å². The highest BCUT2D eigenvalue weighted by Crippen LogP contribution is 2.31. The van der Waals surface area contributed by atoms with Crippen LogP contribution in [-0.4, -0.2) is 27.1 Å². The number of benzene rings is 1. The van der Waals surface area contributed by atoms with Gasteiger partial charge in [0.2, 0.25) is 10.0 Å². The average Bonchev–Trinajstić information content (AvgIpc) is 2.99. The predicted molar refractivity (Wildman–Crippen MR) is 83.6 cm³/mol. The number of amides is 1. The van der Waals surface area contributed by atoms with Crippen LogP contribution in [0.1, 0.15) is 22.5 Å². The Morgan fingerprint density at radius 2 is 2.14 bits per heavy atom. The molecule has 0 spiro atoms. The van der Waals surface area contributed by atoms with Gasteiger partial charge in [-0.3, -0.25) is 9.10 Å². The lowest BCUT2D eigenvalue weighted by atomic mass is 10.0. The molecule has 3 rings (SSSR count). The van der Waals surface area contributed by atoms with E-state index in [2.05, 4.69) is 5.32 Å². The lowest BCUT2D eigenvalue weighted by Crippen LogP contribution is -2.34. The van der Waals surface area contributed by atoms with Crippen LogP contribution in [0.25, 0.3) is 0 Å². The molecule has 0 aliphatic carbocycles. The summed E-state index contributed by atoms with van der Waals surface area (Å²) in [6.07, 6.45) is 4.18. The Hall–Kier alpha value is -2.28. The Morgan fingerprint density at radius 1 is 1.32 bits per heavy atom. The zero-order chi connectivity index (χ0) is 15.7. The second-order valence-corrected chi connectivity index (χ2v) is 7.12. The van der Waals surface area contributed by atoms with Crippen molar-refractivity contribution in [3.05, 3.63) is 47.9 Å². The fraction of sp³-hybridized carbons (Fsp3) is 0.267. The van der Waals surface area contributed by atoms with Crippen LogP contribution in [0.4, 0.5) is 11.4 Å². The molecule has 1 aliphatic heterocycles. The first-order chi connectivity index (χ1) is 10.4. The Balaban J connectivity index is 1.87. The minimum absolute atomic E-state index is 0.232. The molecule has 7 heteroatoms. The quantitative estimate of drug-likeness (QED) is 0.940. The van der Waals surface area contributed by atoms with Crippen molar-refractivity contribution in [2.45, 2.75) is 12.8 Å². The maximum atomic E-state index is 12.0. The molecule has 2 aromatic rings. The summed E-state index contributed by atoms with van der Waals surface area (Å²) in [5.41, 5.74) is 2.22. The van der Waals surface area contributed by atoms with Gasteiger partial charge in [0.1, 0.15) is 0 Å². The van der Waals surface area contributed by atoms with E-state index in [1.165, 1.54) is 16.8 Å². The predicted octanol–water partition coefficient (Wildman–Crippen LogP) is 2.24. The van der Waals surface area contributed by atoms with Crippen LogP contribution in [0.15, 0.2) is 41.0 Å². The van der Waals surface area contributed by atoms with Gasteiger partial charge in [-0.1, -0.05) is 0 Å². The van der Waals surface area contributed by atoms with Gasteiger partial charge in [-0.05, 0) is 48.7 Å². The number of nitrogens with zero attached hydrogens (tertiary/aromatic N) is 1. The first-order valence-corrected chi connectivity index (χ1v) is 8.75. The molecular formula is C15H16N2O4S. The van der Waals surface area contributed by atoms with Crippen molar-refractivity contribution in [2.24, 2.45) is 0 Å². The average molecular weight is 320 g/mol. The summed E-state index contributed by atoms with van der Waals surface area (Å²) in [6.45, 7) is 0.490. The van der Waals surface area contributed by atoms with Gasteiger partial charge in [-0.2, -0.15) is 0 Å². The molecule has 0 radical (unpaired) electrons. The molecule has 2 heterocycles. The molecule has 0 fully saturated rings. The molecule has 1 amide bonds. The van der Waals surface area contributed by atoms with Crippen molar-refractivity contribution in [3.63, 3.8) is 0 Å². The van der Waals surface area contributed by atoms with Gasteiger partial charge in [0.05, 0.1) is 18.2 Å². The van der Waals surface area contributed by atoms with Crippen LogP contribution < -0.4 is 9.62 Å². The number of carbonyl (C=O) groups excluding carboxylic acids is 1. The van der Waals surface area contributed by atoms with Crippen molar-refractivity contribution in [3.8, 4) is 0 Å². The molecule has 116 valence electrons. The second kappa shape index (κ2) is 5.49. The maximum absolute atomic E-state index is 12.0. The van der Waals surface area contributed by atoms with E-state index in [0.29, 0.717) is 17.9 Å². The second-order valence-electron chi connectivity index (χ2n) is 5.21. The fourth-order valence-corrected chi connectivity index (χ4v) is 3.58. The largest absolute Gasteiger partial charge is 0.459 e. The number of sulfonamides is 1. The molecular weight excluding hydrogens is 304 g/mol. The summed E-state index contributed by atoms with van der Waals surface area (Å²) in [7, 11) is -3.28. The van der Waals surface area contributed by atoms with Crippen LogP contribution in [0.3, 0.4) is 0 Å². The molecule has 6 nitrogen and oxygen atoms in total. The highest BCUT2D eigenvalue weighted by molar-refractivity contribution is 7.92. The van der Waals surface area contributed by atoms with E-state index in [4.69, 9.17) is 4.42 Å². The number of hydrogen-bond donors (Lipinski definition) is 1. The normalized spacial score (nSPS) is 14.5. The van der Waals surface area contributed by atoms with Crippen LogP contribution >= 0.6 is 0 Å². The SMILES string of the molecule is CS(=O)(=O)N1CCCc2cc(NC(=O)c3ccco3)ccc21. The highest BCUT2D eigenvalue weighted by Gasteiger charge is 2.24. The number of rotatable bonds is 3.